The summed E-state index contributed by atoms with van der Waals surface area (Å²) < 4.78 is 35.1. The Morgan fingerprint density at radius 2 is 2.19 bits per heavy atom. The number of furan rings is 1. The Morgan fingerprint density at radius 3 is 2.89 bits per heavy atom. The van der Waals surface area contributed by atoms with E-state index in [1.807, 2.05) is 18.2 Å². The quantitative estimate of drug-likeness (QED) is 0.616. The molecule has 9 heteroatoms. The lowest BCUT2D eigenvalue weighted by molar-refractivity contribution is -0.123. The second-order valence-corrected chi connectivity index (χ2v) is 11.1. The molecule has 0 radical (unpaired) electrons. The molecule has 3 heterocycles. The van der Waals surface area contributed by atoms with Crippen molar-refractivity contribution in [2.75, 3.05) is 18.1 Å². The molecule has 4 rings (SSSR count). The minimum atomic E-state index is -3.02. The van der Waals surface area contributed by atoms with Crippen LogP contribution in [0.5, 0.6) is 5.75 Å². The van der Waals surface area contributed by atoms with E-state index in [2.05, 4.69) is 21.2 Å². The van der Waals surface area contributed by atoms with E-state index >= 15 is 0 Å². The van der Waals surface area contributed by atoms with Gasteiger partial charge in [-0.05, 0) is 52.7 Å². The second kappa shape index (κ2) is 7.29. The summed E-state index contributed by atoms with van der Waals surface area (Å²) in [6, 6.07) is 9.05. The zero-order chi connectivity index (χ0) is 19.0. The first kappa shape index (κ1) is 18.5. The van der Waals surface area contributed by atoms with Gasteiger partial charge in [-0.15, -0.1) is 11.3 Å². The molecular formula is C18H16BrNO5S2. The van der Waals surface area contributed by atoms with Crippen molar-refractivity contribution in [1.29, 1.82) is 0 Å². The molecule has 6 nitrogen and oxygen atoms in total. The number of carbonyl (C=O) groups is 1. The van der Waals surface area contributed by atoms with E-state index in [9.17, 15) is 13.2 Å². The highest BCUT2D eigenvalue weighted by Crippen LogP contribution is 2.38. The molecule has 1 atom stereocenters. The van der Waals surface area contributed by atoms with Crippen molar-refractivity contribution in [2.45, 2.75) is 12.5 Å². The molecule has 2 aromatic heterocycles. The summed E-state index contributed by atoms with van der Waals surface area (Å²) in [5.74, 6) is 0.346. The number of hydrogen-bond acceptors (Lipinski definition) is 6. The maximum Gasteiger partial charge on any atom is 0.258 e. The minimum absolute atomic E-state index is 0.000544. The van der Waals surface area contributed by atoms with Crippen molar-refractivity contribution in [3.63, 3.8) is 0 Å². The van der Waals surface area contributed by atoms with E-state index in [1.165, 1.54) is 0 Å². The Hall–Kier alpha value is -1.84. The third-order valence-electron chi connectivity index (χ3n) is 4.35. The second-order valence-electron chi connectivity index (χ2n) is 6.37. The average molecular weight is 470 g/mol. The number of fused-ring (bicyclic) bond motifs is 1. The lowest BCUT2D eigenvalue weighted by Gasteiger charge is -2.11. The number of thiophene rings is 1. The molecule has 0 saturated carbocycles. The smallest absolute Gasteiger partial charge is 0.258 e. The van der Waals surface area contributed by atoms with Gasteiger partial charge in [-0.1, -0.05) is 0 Å². The number of sulfone groups is 1. The van der Waals surface area contributed by atoms with Crippen LogP contribution in [-0.4, -0.2) is 38.5 Å². The molecule has 0 bridgehead atoms. The molecule has 0 unspecified atom stereocenters. The van der Waals surface area contributed by atoms with E-state index in [1.54, 1.807) is 29.7 Å². The van der Waals surface area contributed by atoms with Gasteiger partial charge in [0.05, 0.1) is 15.3 Å². The number of amides is 1. The van der Waals surface area contributed by atoms with Crippen LogP contribution in [0.2, 0.25) is 0 Å². The van der Waals surface area contributed by atoms with Crippen LogP contribution >= 0.6 is 27.3 Å². The average Bonchev–Trinajstić information content (AvgIpc) is 3.31. The van der Waals surface area contributed by atoms with E-state index in [0.717, 1.165) is 25.2 Å². The summed E-state index contributed by atoms with van der Waals surface area (Å²) >= 11 is 5.07. The van der Waals surface area contributed by atoms with Gasteiger partial charge >= 0.3 is 0 Å². The molecule has 1 N–H and O–H groups in total. The largest absolute Gasteiger partial charge is 0.484 e. The van der Waals surface area contributed by atoms with Crippen LogP contribution in [0.25, 0.3) is 21.4 Å². The van der Waals surface area contributed by atoms with Crippen molar-refractivity contribution >= 4 is 54.0 Å². The topological polar surface area (TPSA) is 85.6 Å². The van der Waals surface area contributed by atoms with E-state index < -0.39 is 9.84 Å². The molecule has 1 aliphatic rings. The predicted octanol–water partition coefficient (Wildman–Crippen LogP) is 3.61. The number of benzene rings is 1. The Labute approximate surface area is 168 Å². The fourth-order valence-electron chi connectivity index (χ4n) is 3.07. The molecular weight excluding hydrogens is 454 g/mol. The summed E-state index contributed by atoms with van der Waals surface area (Å²) in [6.07, 6.45) is 2.16. The van der Waals surface area contributed by atoms with Gasteiger partial charge in [-0.3, -0.25) is 4.79 Å². The number of ether oxygens (including phenoxy) is 1. The molecule has 0 aliphatic carbocycles. The zero-order valence-electron chi connectivity index (χ0n) is 14.1. The first-order valence-electron chi connectivity index (χ1n) is 8.29. The molecule has 1 amide bonds. The third kappa shape index (κ3) is 4.20. The van der Waals surface area contributed by atoms with Crippen LogP contribution in [-0.2, 0) is 14.6 Å². The van der Waals surface area contributed by atoms with Gasteiger partial charge in [-0.25, -0.2) is 8.42 Å². The molecule has 1 aliphatic heterocycles. The van der Waals surface area contributed by atoms with Gasteiger partial charge in [-0.2, -0.15) is 0 Å². The monoisotopic (exact) mass is 469 g/mol. The van der Waals surface area contributed by atoms with Gasteiger partial charge in [0.15, 0.2) is 16.4 Å². The van der Waals surface area contributed by atoms with E-state index in [0.29, 0.717) is 12.2 Å². The minimum Gasteiger partial charge on any atom is -0.484 e. The Balaban J connectivity index is 1.44. The Kier molecular flexibility index (Phi) is 5.00. The predicted molar refractivity (Wildman–Crippen MR) is 108 cm³/mol. The summed E-state index contributed by atoms with van der Waals surface area (Å²) in [5.41, 5.74) is 1.70. The molecule has 142 valence electrons. The van der Waals surface area contributed by atoms with Gasteiger partial charge in [0.2, 0.25) is 0 Å². The van der Waals surface area contributed by atoms with Crippen molar-refractivity contribution in [3.05, 3.63) is 40.4 Å². The van der Waals surface area contributed by atoms with Crippen LogP contribution in [0.15, 0.2) is 44.8 Å². The van der Waals surface area contributed by atoms with Crippen LogP contribution in [0.4, 0.5) is 0 Å². The zero-order valence-corrected chi connectivity index (χ0v) is 17.3. The number of carbonyl (C=O) groups excluding carboxylic acids is 1. The molecule has 1 aromatic carbocycles. The van der Waals surface area contributed by atoms with Crippen molar-refractivity contribution < 1.29 is 22.4 Å². The lowest BCUT2D eigenvalue weighted by atomic mass is 10.1. The normalized spacial score (nSPS) is 18.6. The van der Waals surface area contributed by atoms with Gasteiger partial charge in [0, 0.05) is 21.9 Å². The first-order chi connectivity index (χ1) is 12.9. The van der Waals surface area contributed by atoms with Gasteiger partial charge in [0.1, 0.15) is 17.6 Å². The lowest BCUT2D eigenvalue weighted by Crippen LogP contribution is -2.38. The Morgan fingerprint density at radius 1 is 1.33 bits per heavy atom. The highest BCUT2D eigenvalue weighted by Gasteiger charge is 2.28. The molecule has 27 heavy (non-hydrogen) atoms. The van der Waals surface area contributed by atoms with Crippen molar-refractivity contribution in [1.82, 2.24) is 5.32 Å². The standard InChI is InChI=1S/C18H16BrNO5S2/c19-17-4-3-16(26-17)14-8-25-15-2-1-12(7-13(14)15)24-9-18(21)20-11-5-6-27(22,23)10-11/h1-4,7-8,11H,5-6,9-10H2,(H,20,21)/t11-/m1/s1. The highest BCUT2D eigenvalue weighted by atomic mass is 79.9. The molecule has 0 spiro atoms. The number of halogens is 1. The maximum absolute atomic E-state index is 12.0. The van der Waals surface area contributed by atoms with E-state index in [-0.39, 0.29) is 30.1 Å². The summed E-state index contributed by atoms with van der Waals surface area (Å²) in [6.45, 7) is -0.167. The van der Waals surface area contributed by atoms with Crippen molar-refractivity contribution in [2.24, 2.45) is 0 Å². The molecule has 1 fully saturated rings. The summed E-state index contributed by atoms with van der Waals surface area (Å²) in [7, 11) is -3.02. The van der Waals surface area contributed by atoms with Crippen LogP contribution in [0.3, 0.4) is 0 Å². The summed E-state index contributed by atoms with van der Waals surface area (Å²) in [4.78, 5) is 13.1. The number of rotatable bonds is 5. The fraction of sp³-hybridized carbons (Fsp3) is 0.278. The fourth-order valence-corrected chi connectivity index (χ4v) is 6.15. The van der Waals surface area contributed by atoms with Crippen LogP contribution in [0.1, 0.15) is 6.42 Å². The van der Waals surface area contributed by atoms with Crippen LogP contribution < -0.4 is 10.1 Å². The first-order valence-corrected chi connectivity index (χ1v) is 11.7. The van der Waals surface area contributed by atoms with Crippen LogP contribution in [0, 0.1) is 0 Å². The van der Waals surface area contributed by atoms with Gasteiger partial charge < -0.3 is 14.5 Å². The van der Waals surface area contributed by atoms with Gasteiger partial charge in [0.25, 0.3) is 5.91 Å². The molecule has 3 aromatic rings. The summed E-state index contributed by atoms with van der Waals surface area (Å²) in [5, 5.41) is 3.62. The molecule has 1 saturated heterocycles. The van der Waals surface area contributed by atoms with Crippen molar-refractivity contribution in [3.8, 4) is 16.2 Å². The SMILES string of the molecule is O=C(COc1ccc2occ(-c3ccc(Br)s3)c2c1)N[C@@H]1CCS(=O)(=O)C1. The number of hydrogen-bond donors (Lipinski definition) is 1. The number of nitrogens with one attached hydrogen (secondary N) is 1. The van der Waals surface area contributed by atoms with E-state index in [4.69, 9.17) is 9.15 Å². The third-order valence-corrected chi connectivity index (χ3v) is 7.78. The Bertz CT molecular complexity index is 1100. The maximum atomic E-state index is 12.0. The highest BCUT2D eigenvalue weighted by molar-refractivity contribution is 9.11.